The molecule has 0 radical (unpaired) electrons. The van der Waals surface area contributed by atoms with E-state index >= 15 is 0 Å². The van der Waals surface area contributed by atoms with E-state index in [-0.39, 0.29) is 10.8 Å². The van der Waals surface area contributed by atoms with Gasteiger partial charge in [0.05, 0.1) is 11.4 Å². The van der Waals surface area contributed by atoms with Crippen LogP contribution in [-0.4, -0.2) is 0 Å². The molecule has 1 heterocycles. The van der Waals surface area contributed by atoms with Crippen LogP contribution in [-0.2, 0) is 10.8 Å². The van der Waals surface area contributed by atoms with Crippen LogP contribution in [0.3, 0.4) is 0 Å². The van der Waals surface area contributed by atoms with Gasteiger partial charge in [-0.3, -0.25) is 0 Å². The molecule has 8 aromatic rings. The summed E-state index contributed by atoms with van der Waals surface area (Å²) in [5.41, 5.74) is 19.7. The molecule has 0 saturated heterocycles. The smallest absolute Gasteiger partial charge is 0.0503 e. The van der Waals surface area contributed by atoms with Gasteiger partial charge < -0.3 is 9.80 Å². The van der Waals surface area contributed by atoms with Crippen LogP contribution < -0.4 is 9.80 Å². The molecule has 0 unspecified atom stereocenters. The first kappa shape index (κ1) is 33.9. The van der Waals surface area contributed by atoms with Crippen LogP contribution in [0.4, 0.5) is 34.1 Å². The van der Waals surface area contributed by atoms with Gasteiger partial charge in [0.25, 0.3) is 0 Å². The lowest BCUT2D eigenvalue weighted by Gasteiger charge is -2.42. The van der Waals surface area contributed by atoms with E-state index in [2.05, 4.69) is 232 Å². The summed E-state index contributed by atoms with van der Waals surface area (Å²) in [5, 5.41) is 0. The van der Waals surface area contributed by atoms with E-state index < -0.39 is 0 Å². The Bertz CT molecular complexity index is 2730. The lowest BCUT2D eigenvalue weighted by atomic mass is 9.72. The molecule has 0 spiro atoms. The van der Waals surface area contributed by atoms with Crippen LogP contribution in [0.5, 0.6) is 0 Å². The maximum absolute atomic E-state index is 2.44. The topological polar surface area (TPSA) is 6.48 Å². The first-order chi connectivity index (χ1) is 27.3. The second-order valence-electron chi connectivity index (χ2n) is 16.2. The number of benzene rings is 8. The zero-order valence-electron chi connectivity index (χ0n) is 32.4. The molecule has 0 bridgehead atoms. The summed E-state index contributed by atoms with van der Waals surface area (Å²) in [4.78, 5) is 4.82. The quantitative estimate of drug-likeness (QED) is 0.169. The standard InChI is InChI=1S/C54H44N2/c1-53(2)47-23-15-14-22-45(47)46-31-30-44(36-48(46)53)55(41-18-10-6-11-19-41)43-28-24-38(25-29-43)40-27-33-52-50(35-40)54(3,4)49-34-39(37-16-8-5-9-17-37)26-32-51(49)56(52)42-20-12-7-13-21-42/h5-36H,1-4H3. The number of hydrogen-bond donors (Lipinski definition) is 0. The lowest BCUT2D eigenvalue weighted by Crippen LogP contribution is -2.30. The largest absolute Gasteiger partial charge is 0.310 e. The minimum absolute atomic E-state index is 0.0753. The minimum atomic E-state index is -0.234. The third-order valence-corrected chi connectivity index (χ3v) is 12.2. The monoisotopic (exact) mass is 720 g/mol. The van der Waals surface area contributed by atoms with Gasteiger partial charge in [-0.1, -0.05) is 149 Å². The van der Waals surface area contributed by atoms with Crippen LogP contribution in [0.2, 0.25) is 0 Å². The van der Waals surface area contributed by atoms with Crippen molar-refractivity contribution in [1.29, 1.82) is 0 Å². The van der Waals surface area contributed by atoms with Crippen LogP contribution >= 0.6 is 0 Å². The van der Waals surface area contributed by atoms with Crippen LogP contribution in [0.25, 0.3) is 33.4 Å². The molecule has 270 valence electrons. The van der Waals surface area contributed by atoms with Gasteiger partial charge in [-0.05, 0) is 128 Å². The Morgan fingerprint density at radius 1 is 0.339 bits per heavy atom. The average molecular weight is 721 g/mol. The molecule has 0 atom stereocenters. The summed E-state index contributed by atoms with van der Waals surface area (Å²) in [7, 11) is 0. The highest BCUT2D eigenvalue weighted by molar-refractivity contribution is 5.90. The van der Waals surface area contributed by atoms with Crippen molar-refractivity contribution < 1.29 is 0 Å². The first-order valence-corrected chi connectivity index (χ1v) is 19.7. The number of hydrogen-bond acceptors (Lipinski definition) is 2. The molecule has 2 heteroatoms. The first-order valence-electron chi connectivity index (χ1n) is 19.7. The molecular weight excluding hydrogens is 677 g/mol. The number of nitrogens with zero attached hydrogens (tertiary/aromatic N) is 2. The number of para-hydroxylation sites is 2. The van der Waals surface area contributed by atoms with Crippen molar-refractivity contribution >= 4 is 34.1 Å². The van der Waals surface area contributed by atoms with Gasteiger partial charge in [0.15, 0.2) is 0 Å². The Labute approximate surface area is 331 Å². The van der Waals surface area contributed by atoms with Gasteiger partial charge in [0, 0.05) is 33.6 Å². The fraction of sp³-hybridized carbons (Fsp3) is 0.111. The predicted octanol–water partition coefficient (Wildman–Crippen LogP) is 14.9. The lowest BCUT2D eigenvalue weighted by molar-refractivity contribution is 0.632. The molecule has 1 aliphatic carbocycles. The van der Waals surface area contributed by atoms with Crippen LogP contribution in [0.15, 0.2) is 194 Å². The van der Waals surface area contributed by atoms with E-state index in [4.69, 9.17) is 0 Å². The molecule has 1 aliphatic heterocycles. The third kappa shape index (κ3) is 5.39. The van der Waals surface area contributed by atoms with Crippen molar-refractivity contribution in [2.75, 3.05) is 9.80 Å². The highest BCUT2D eigenvalue weighted by atomic mass is 15.2. The third-order valence-electron chi connectivity index (χ3n) is 12.2. The van der Waals surface area contributed by atoms with Crippen molar-refractivity contribution in [3.8, 4) is 33.4 Å². The Balaban J connectivity index is 1.05. The summed E-state index contributed by atoms with van der Waals surface area (Å²) in [5.74, 6) is 0. The van der Waals surface area contributed by atoms with Gasteiger partial charge in [0.2, 0.25) is 0 Å². The predicted molar refractivity (Wildman–Crippen MR) is 236 cm³/mol. The summed E-state index contributed by atoms with van der Waals surface area (Å²) in [6.45, 7) is 9.46. The molecule has 2 nitrogen and oxygen atoms in total. The molecular formula is C54H44N2. The fourth-order valence-corrected chi connectivity index (χ4v) is 9.24. The van der Waals surface area contributed by atoms with E-state index in [0.717, 1.165) is 22.7 Å². The van der Waals surface area contributed by atoms with E-state index in [1.54, 1.807) is 0 Å². The molecule has 56 heavy (non-hydrogen) atoms. The zero-order valence-corrected chi connectivity index (χ0v) is 32.4. The van der Waals surface area contributed by atoms with Crippen molar-refractivity contribution in [2.24, 2.45) is 0 Å². The van der Waals surface area contributed by atoms with Gasteiger partial charge in [-0.25, -0.2) is 0 Å². The Morgan fingerprint density at radius 2 is 0.804 bits per heavy atom. The van der Waals surface area contributed by atoms with Crippen molar-refractivity contribution in [2.45, 2.75) is 38.5 Å². The van der Waals surface area contributed by atoms with Gasteiger partial charge in [-0.2, -0.15) is 0 Å². The van der Waals surface area contributed by atoms with Gasteiger partial charge in [0.1, 0.15) is 0 Å². The maximum Gasteiger partial charge on any atom is 0.0503 e. The molecule has 2 aliphatic rings. The summed E-state index contributed by atoms with van der Waals surface area (Å²) >= 11 is 0. The molecule has 10 rings (SSSR count). The maximum atomic E-state index is 2.44. The fourth-order valence-electron chi connectivity index (χ4n) is 9.24. The minimum Gasteiger partial charge on any atom is -0.310 e. The molecule has 0 aromatic heterocycles. The molecule has 0 amide bonds. The van der Waals surface area contributed by atoms with Crippen LogP contribution in [0, 0.1) is 0 Å². The Morgan fingerprint density at radius 3 is 1.45 bits per heavy atom. The van der Waals surface area contributed by atoms with E-state index in [0.29, 0.717) is 0 Å². The normalized spacial score (nSPS) is 14.3. The SMILES string of the molecule is CC1(C)c2ccccc2-c2ccc(N(c3ccccc3)c3ccc(-c4ccc5c(c4)C(C)(C)c4cc(-c6ccccc6)ccc4N5c4ccccc4)cc3)cc21. The second-order valence-corrected chi connectivity index (χ2v) is 16.2. The summed E-state index contributed by atoms with van der Waals surface area (Å²) in [6, 6.07) is 71.2. The molecule has 0 saturated carbocycles. The molecule has 0 N–H and O–H groups in total. The average Bonchev–Trinajstić information content (AvgIpc) is 3.47. The van der Waals surface area contributed by atoms with Crippen molar-refractivity contribution in [1.82, 2.24) is 0 Å². The van der Waals surface area contributed by atoms with Crippen molar-refractivity contribution in [3.63, 3.8) is 0 Å². The number of rotatable bonds is 6. The van der Waals surface area contributed by atoms with Crippen molar-refractivity contribution in [3.05, 3.63) is 216 Å². The molecule has 0 fully saturated rings. The van der Waals surface area contributed by atoms with E-state index in [1.807, 2.05) is 0 Å². The van der Waals surface area contributed by atoms with E-state index in [1.165, 1.54) is 67.0 Å². The zero-order chi connectivity index (χ0) is 38.0. The number of fused-ring (bicyclic) bond motifs is 5. The molecule has 8 aromatic carbocycles. The number of anilines is 6. The van der Waals surface area contributed by atoms with Gasteiger partial charge >= 0.3 is 0 Å². The summed E-state index contributed by atoms with van der Waals surface area (Å²) < 4.78 is 0. The second kappa shape index (κ2) is 13.0. The summed E-state index contributed by atoms with van der Waals surface area (Å²) in [6.07, 6.45) is 0. The van der Waals surface area contributed by atoms with E-state index in [9.17, 15) is 0 Å². The Kier molecular flexibility index (Phi) is 7.87. The highest BCUT2D eigenvalue weighted by Crippen LogP contribution is 2.54. The van der Waals surface area contributed by atoms with Crippen LogP contribution in [0.1, 0.15) is 49.9 Å². The van der Waals surface area contributed by atoms with Gasteiger partial charge in [-0.15, -0.1) is 0 Å². The highest BCUT2D eigenvalue weighted by Gasteiger charge is 2.38. The Hall–Kier alpha value is -6.64.